The summed E-state index contributed by atoms with van der Waals surface area (Å²) in [5.74, 6) is 0. The van der Waals surface area contributed by atoms with Crippen LogP contribution in [0.25, 0.3) is 16.6 Å². The molecule has 1 aliphatic rings. The summed E-state index contributed by atoms with van der Waals surface area (Å²) in [6.07, 6.45) is -6.99. The third-order valence-electron chi connectivity index (χ3n) is 5.18. The van der Waals surface area contributed by atoms with Crippen LogP contribution in [0.1, 0.15) is 6.23 Å². The van der Waals surface area contributed by atoms with Crippen molar-refractivity contribution in [2.75, 3.05) is 6.61 Å². The predicted molar refractivity (Wildman–Crippen MR) is 115 cm³/mol. The Kier molecular flexibility index (Phi) is 5.90. The van der Waals surface area contributed by atoms with E-state index < -0.39 is 37.3 Å². The first-order valence-corrected chi connectivity index (χ1v) is 10.4. The van der Waals surface area contributed by atoms with Crippen molar-refractivity contribution in [3.63, 3.8) is 0 Å². The molecular formula is C20H19BrN2O6S. The Labute approximate surface area is 184 Å². The number of aliphatic hydroxyl groups is 4. The van der Waals surface area contributed by atoms with Crippen molar-refractivity contribution in [1.82, 2.24) is 9.13 Å². The molecule has 158 valence electrons. The van der Waals surface area contributed by atoms with Gasteiger partial charge < -0.3 is 25.2 Å². The maximum atomic E-state index is 13.3. The first-order valence-electron chi connectivity index (χ1n) is 9.18. The fraction of sp³-hybridized carbons (Fsp3) is 0.300. The zero-order chi connectivity index (χ0) is 21.6. The number of para-hydroxylation sites is 1. The average Bonchev–Trinajstić information content (AvgIpc) is 2.75. The number of hydrogen-bond acceptors (Lipinski definition) is 7. The molecule has 30 heavy (non-hydrogen) atoms. The van der Waals surface area contributed by atoms with Crippen molar-refractivity contribution >= 4 is 39.1 Å². The highest BCUT2D eigenvalue weighted by molar-refractivity contribution is 9.10. The van der Waals surface area contributed by atoms with Gasteiger partial charge in [0.25, 0.3) is 5.56 Å². The number of rotatable bonds is 3. The van der Waals surface area contributed by atoms with Crippen LogP contribution in [-0.2, 0) is 4.74 Å². The van der Waals surface area contributed by atoms with Gasteiger partial charge in [0.05, 0.1) is 23.2 Å². The molecule has 2 aromatic carbocycles. The summed E-state index contributed by atoms with van der Waals surface area (Å²) < 4.78 is 9.16. The van der Waals surface area contributed by atoms with Crippen LogP contribution in [0.4, 0.5) is 0 Å². The molecule has 0 saturated carbocycles. The lowest BCUT2D eigenvalue weighted by molar-refractivity contribution is -0.250. The van der Waals surface area contributed by atoms with Crippen molar-refractivity contribution in [3.05, 3.63) is 68.1 Å². The van der Waals surface area contributed by atoms with Crippen LogP contribution >= 0.6 is 28.1 Å². The standard InChI is InChI=1S/C20H19BrN2O6S/c21-10-6-7-13-12(8-10)18(28)22(11-4-2-1-3-5-11)20(30)23(13)19-17(27)16(26)15(25)14(9-24)29-19/h1-8,14-17,19,24-27H,9H2. The lowest BCUT2D eigenvalue weighted by Gasteiger charge is -2.41. The molecule has 1 aliphatic heterocycles. The Morgan fingerprint density at radius 3 is 2.40 bits per heavy atom. The van der Waals surface area contributed by atoms with E-state index in [2.05, 4.69) is 15.9 Å². The highest BCUT2D eigenvalue weighted by Gasteiger charge is 2.45. The molecular weight excluding hydrogens is 476 g/mol. The fourth-order valence-electron chi connectivity index (χ4n) is 3.65. The second kappa shape index (κ2) is 8.31. The molecule has 4 N–H and O–H groups in total. The van der Waals surface area contributed by atoms with E-state index >= 15 is 0 Å². The summed E-state index contributed by atoms with van der Waals surface area (Å²) in [6.45, 7) is -0.573. The third kappa shape index (κ3) is 3.44. The quantitative estimate of drug-likeness (QED) is 0.405. The first-order chi connectivity index (χ1) is 14.3. The zero-order valence-electron chi connectivity index (χ0n) is 15.5. The summed E-state index contributed by atoms with van der Waals surface area (Å²) in [4.78, 5) is 13.3. The monoisotopic (exact) mass is 494 g/mol. The Bertz CT molecular complexity index is 1200. The highest BCUT2D eigenvalue weighted by Crippen LogP contribution is 2.31. The summed E-state index contributed by atoms with van der Waals surface area (Å²) in [6, 6.07) is 13.8. The molecule has 0 radical (unpaired) electrons. The van der Waals surface area contributed by atoms with E-state index in [1.807, 2.05) is 0 Å². The van der Waals surface area contributed by atoms with Crippen LogP contribution in [0.2, 0.25) is 0 Å². The lowest BCUT2D eigenvalue weighted by Crippen LogP contribution is -2.56. The molecule has 5 atom stereocenters. The maximum absolute atomic E-state index is 13.3. The zero-order valence-corrected chi connectivity index (χ0v) is 17.9. The van der Waals surface area contributed by atoms with Gasteiger partial charge in [0.15, 0.2) is 11.0 Å². The molecule has 3 aromatic rings. The molecule has 8 nitrogen and oxygen atoms in total. The average molecular weight is 495 g/mol. The molecule has 0 bridgehead atoms. The van der Waals surface area contributed by atoms with E-state index in [0.717, 1.165) is 0 Å². The van der Waals surface area contributed by atoms with E-state index in [-0.39, 0.29) is 10.3 Å². The minimum absolute atomic E-state index is 0.0327. The van der Waals surface area contributed by atoms with Crippen LogP contribution in [0.3, 0.4) is 0 Å². The lowest BCUT2D eigenvalue weighted by atomic mass is 9.98. The number of aromatic nitrogens is 2. The van der Waals surface area contributed by atoms with Crippen molar-refractivity contribution in [3.8, 4) is 5.69 Å². The number of nitrogens with zero attached hydrogens (tertiary/aromatic N) is 2. The molecule has 2 heterocycles. The molecule has 0 spiro atoms. The number of hydrogen-bond donors (Lipinski definition) is 4. The molecule has 0 aliphatic carbocycles. The second-order valence-electron chi connectivity index (χ2n) is 7.01. The van der Waals surface area contributed by atoms with Gasteiger partial charge in [0.1, 0.15) is 24.4 Å². The number of halogens is 1. The molecule has 1 aromatic heterocycles. The van der Waals surface area contributed by atoms with Crippen LogP contribution in [-0.4, -0.2) is 60.6 Å². The summed E-state index contributed by atoms with van der Waals surface area (Å²) in [7, 11) is 0. The summed E-state index contributed by atoms with van der Waals surface area (Å²) in [5.41, 5.74) is 0.542. The van der Waals surface area contributed by atoms with E-state index in [0.29, 0.717) is 21.1 Å². The number of ether oxygens (including phenoxy) is 1. The molecule has 5 unspecified atom stereocenters. The molecule has 4 rings (SSSR count). The largest absolute Gasteiger partial charge is 0.394 e. The Hall–Kier alpha value is -1.92. The van der Waals surface area contributed by atoms with Crippen molar-refractivity contribution in [2.24, 2.45) is 0 Å². The maximum Gasteiger partial charge on any atom is 0.266 e. The summed E-state index contributed by atoms with van der Waals surface area (Å²) >= 11 is 8.98. The smallest absolute Gasteiger partial charge is 0.266 e. The molecule has 10 heteroatoms. The van der Waals surface area contributed by atoms with E-state index in [4.69, 9.17) is 17.0 Å². The fourth-order valence-corrected chi connectivity index (χ4v) is 4.41. The first kappa shape index (κ1) is 21.3. The van der Waals surface area contributed by atoms with E-state index in [1.54, 1.807) is 48.5 Å². The van der Waals surface area contributed by atoms with Crippen molar-refractivity contribution in [2.45, 2.75) is 30.6 Å². The number of aliphatic hydroxyl groups excluding tert-OH is 4. The van der Waals surface area contributed by atoms with Crippen LogP contribution in [0, 0.1) is 4.77 Å². The van der Waals surface area contributed by atoms with E-state index in [9.17, 15) is 25.2 Å². The Balaban J connectivity index is 2.05. The summed E-state index contributed by atoms with van der Waals surface area (Å²) in [5, 5.41) is 40.9. The van der Waals surface area contributed by atoms with Gasteiger partial charge in [-0.15, -0.1) is 0 Å². The van der Waals surface area contributed by atoms with Gasteiger partial charge in [0, 0.05) is 4.47 Å². The van der Waals surface area contributed by atoms with Gasteiger partial charge in [-0.05, 0) is 42.5 Å². The van der Waals surface area contributed by atoms with Gasteiger partial charge in [-0.3, -0.25) is 13.9 Å². The minimum atomic E-state index is -1.58. The van der Waals surface area contributed by atoms with Crippen molar-refractivity contribution in [1.29, 1.82) is 0 Å². The normalized spacial score (nSPS) is 26.8. The second-order valence-corrected chi connectivity index (χ2v) is 8.29. The van der Waals surface area contributed by atoms with Gasteiger partial charge in [-0.1, -0.05) is 34.1 Å². The third-order valence-corrected chi connectivity index (χ3v) is 6.06. The van der Waals surface area contributed by atoms with Gasteiger partial charge in [-0.2, -0.15) is 0 Å². The van der Waals surface area contributed by atoms with Gasteiger partial charge >= 0.3 is 0 Å². The molecule has 1 fully saturated rings. The number of fused-ring (bicyclic) bond motifs is 1. The minimum Gasteiger partial charge on any atom is -0.394 e. The SMILES string of the molecule is O=c1c2cc(Br)ccc2n(C2OC(CO)C(O)C(O)C2O)c(=S)n1-c1ccccc1. The van der Waals surface area contributed by atoms with E-state index in [1.165, 1.54) is 9.13 Å². The highest BCUT2D eigenvalue weighted by atomic mass is 79.9. The number of benzene rings is 2. The molecule has 1 saturated heterocycles. The van der Waals surface area contributed by atoms with Crippen LogP contribution in [0.5, 0.6) is 0 Å². The van der Waals surface area contributed by atoms with Crippen LogP contribution < -0.4 is 5.56 Å². The van der Waals surface area contributed by atoms with Gasteiger partial charge in [-0.25, -0.2) is 0 Å². The van der Waals surface area contributed by atoms with Crippen LogP contribution in [0.15, 0.2) is 57.8 Å². The molecule has 0 amide bonds. The Morgan fingerprint density at radius 2 is 1.73 bits per heavy atom. The predicted octanol–water partition coefficient (Wildman–Crippen LogP) is 1.26. The van der Waals surface area contributed by atoms with Gasteiger partial charge in [0.2, 0.25) is 0 Å². The van der Waals surface area contributed by atoms with Crippen molar-refractivity contribution < 1.29 is 25.2 Å². The Morgan fingerprint density at radius 1 is 1.03 bits per heavy atom. The topological polar surface area (TPSA) is 117 Å².